The molecule has 1 aromatic carbocycles. The topological polar surface area (TPSA) is 43.6 Å². The second-order valence-corrected chi connectivity index (χ2v) is 7.46. The monoisotopic (exact) mass is 364 g/mol. The van der Waals surface area contributed by atoms with Gasteiger partial charge in [-0.3, -0.25) is 0 Å². The number of hydrogen-bond donors (Lipinski definition) is 0. The summed E-state index contributed by atoms with van der Waals surface area (Å²) in [5, 5.41) is 13.5. The largest absolute Gasteiger partial charge is 0.305 e. The molecule has 0 atom stereocenters. The maximum atomic E-state index is 5.93. The van der Waals surface area contributed by atoms with E-state index in [0.717, 1.165) is 45.9 Å². The standard InChI is InChI=1S/C16H17ClN4S2/c1-3-4-14-18-13(9-22-14)10-23-16-20-19-15(21(16)2)11-5-7-12(17)8-6-11/h5-9H,3-4,10H2,1-2H3. The van der Waals surface area contributed by atoms with Crippen molar-refractivity contribution in [1.82, 2.24) is 19.7 Å². The molecule has 2 aromatic heterocycles. The van der Waals surface area contributed by atoms with Crippen molar-refractivity contribution in [3.8, 4) is 11.4 Å². The number of thiazole rings is 1. The molecule has 0 N–H and O–H groups in total. The summed E-state index contributed by atoms with van der Waals surface area (Å²) in [6.07, 6.45) is 2.19. The van der Waals surface area contributed by atoms with E-state index in [2.05, 4.69) is 27.5 Å². The van der Waals surface area contributed by atoms with Crippen LogP contribution in [0.4, 0.5) is 0 Å². The first-order valence-corrected chi connectivity index (χ1v) is 9.63. The Bertz CT molecular complexity index is 780. The van der Waals surface area contributed by atoms with E-state index in [-0.39, 0.29) is 0 Å². The highest BCUT2D eigenvalue weighted by atomic mass is 35.5. The summed E-state index contributed by atoms with van der Waals surface area (Å²) in [5.41, 5.74) is 2.12. The number of aromatic nitrogens is 4. The molecule has 23 heavy (non-hydrogen) atoms. The van der Waals surface area contributed by atoms with E-state index in [1.165, 1.54) is 5.01 Å². The van der Waals surface area contributed by atoms with E-state index < -0.39 is 0 Å². The van der Waals surface area contributed by atoms with Gasteiger partial charge in [-0.1, -0.05) is 30.3 Å². The van der Waals surface area contributed by atoms with Gasteiger partial charge in [-0.05, 0) is 37.1 Å². The number of halogens is 1. The van der Waals surface area contributed by atoms with Crippen LogP contribution in [0.5, 0.6) is 0 Å². The molecule has 0 fully saturated rings. The fraction of sp³-hybridized carbons (Fsp3) is 0.312. The number of thioether (sulfide) groups is 1. The van der Waals surface area contributed by atoms with Gasteiger partial charge in [-0.25, -0.2) is 4.98 Å². The summed E-state index contributed by atoms with van der Waals surface area (Å²) in [6.45, 7) is 2.17. The van der Waals surface area contributed by atoms with Gasteiger partial charge in [0.2, 0.25) is 0 Å². The molecule has 0 aliphatic carbocycles. The summed E-state index contributed by atoms with van der Waals surface area (Å²) in [5.74, 6) is 1.65. The first-order chi connectivity index (χ1) is 11.2. The van der Waals surface area contributed by atoms with Gasteiger partial charge in [0.05, 0.1) is 10.7 Å². The van der Waals surface area contributed by atoms with Crippen molar-refractivity contribution in [2.75, 3.05) is 0 Å². The Kier molecular flexibility index (Phi) is 5.35. The van der Waals surface area contributed by atoms with E-state index in [9.17, 15) is 0 Å². The molecule has 2 heterocycles. The Morgan fingerprint density at radius 2 is 2.00 bits per heavy atom. The highest BCUT2D eigenvalue weighted by molar-refractivity contribution is 7.98. The van der Waals surface area contributed by atoms with Crippen molar-refractivity contribution < 1.29 is 0 Å². The SMILES string of the molecule is CCCc1nc(CSc2nnc(-c3ccc(Cl)cc3)n2C)cs1. The molecular formula is C16H17ClN4S2. The van der Waals surface area contributed by atoms with Gasteiger partial charge in [0, 0.05) is 28.8 Å². The third kappa shape index (κ3) is 3.94. The zero-order chi connectivity index (χ0) is 16.2. The normalized spacial score (nSPS) is 11.1. The number of rotatable bonds is 6. The fourth-order valence-corrected chi connectivity index (χ4v) is 4.11. The maximum Gasteiger partial charge on any atom is 0.191 e. The number of hydrogen-bond acceptors (Lipinski definition) is 5. The van der Waals surface area contributed by atoms with E-state index in [1.807, 2.05) is 35.9 Å². The van der Waals surface area contributed by atoms with Gasteiger partial charge in [0.25, 0.3) is 0 Å². The lowest BCUT2D eigenvalue weighted by Crippen LogP contribution is -1.95. The lowest BCUT2D eigenvalue weighted by molar-refractivity contribution is 0.793. The molecule has 3 rings (SSSR count). The minimum atomic E-state index is 0.719. The Hall–Kier alpha value is -1.37. The van der Waals surface area contributed by atoms with Crippen molar-refractivity contribution in [1.29, 1.82) is 0 Å². The lowest BCUT2D eigenvalue weighted by Gasteiger charge is -2.03. The maximum absolute atomic E-state index is 5.93. The van der Waals surface area contributed by atoms with Crippen LogP contribution in [0.2, 0.25) is 5.02 Å². The van der Waals surface area contributed by atoms with Crippen LogP contribution in [-0.2, 0) is 19.2 Å². The fourth-order valence-electron chi connectivity index (χ4n) is 2.17. The van der Waals surface area contributed by atoms with Crippen LogP contribution in [0, 0.1) is 0 Å². The molecule has 0 bridgehead atoms. The molecule has 120 valence electrons. The van der Waals surface area contributed by atoms with Gasteiger partial charge >= 0.3 is 0 Å². The van der Waals surface area contributed by atoms with Gasteiger partial charge in [-0.2, -0.15) is 0 Å². The van der Waals surface area contributed by atoms with Crippen LogP contribution in [-0.4, -0.2) is 19.7 Å². The summed E-state index contributed by atoms with van der Waals surface area (Å²) >= 11 is 9.33. The van der Waals surface area contributed by atoms with Crippen molar-refractivity contribution in [3.05, 3.63) is 45.4 Å². The predicted molar refractivity (Wildman–Crippen MR) is 97.1 cm³/mol. The molecule has 0 aliphatic heterocycles. The minimum Gasteiger partial charge on any atom is -0.305 e. The van der Waals surface area contributed by atoms with Crippen LogP contribution < -0.4 is 0 Å². The Balaban J connectivity index is 1.70. The van der Waals surface area contributed by atoms with Gasteiger partial charge in [-0.15, -0.1) is 21.5 Å². The molecule has 0 radical (unpaired) electrons. The number of aryl methyl sites for hydroxylation is 1. The molecule has 0 spiro atoms. The van der Waals surface area contributed by atoms with E-state index >= 15 is 0 Å². The molecular weight excluding hydrogens is 348 g/mol. The zero-order valence-electron chi connectivity index (χ0n) is 13.0. The predicted octanol–water partition coefficient (Wildman–Crippen LogP) is 4.84. The summed E-state index contributed by atoms with van der Waals surface area (Å²) in [4.78, 5) is 4.64. The lowest BCUT2D eigenvalue weighted by atomic mass is 10.2. The van der Waals surface area contributed by atoms with Gasteiger partial charge in [0.1, 0.15) is 0 Å². The van der Waals surface area contributed by atoms with Crippen molar-refractivity contribution in [3.63, 3.8) is 0 Å². The Morgan fingerprint density at radius 3 is 2.74 bits per heavy atom. The molecule has 4 nitrogen and oxygen atoms in total. The zero-order valence-corrected chi connectivity index (χ0v) is 15.4. The smallest absolute Gasteiger partial charge is 0.191 e. The average molecular weight is 365 g/mol. The number of benzene rings is 1. The van der Waals surface area contributed by atoms with Crippen molar-refractivity contribution >= 4 is 34.7 Å². The molecule has 3 aromatic rings. The second kappa shape index (κ2) is 7.47. The van der Waals surface area contributed by atoms with Gasteiger partial charge < -0.3 is 4.57 Å². The van der Waals surface area contributed by atoms with E-state index in [0.29, 0.717) is 0 Å². The quantitative estimate of drug-likeness (QED) is 0.587. The molecule has 0 aliphatic rings. The third-order valence-corrected chi connectivity index (χ3v) is 5.61. The molecule has 0 saturated carbocycles. The Morgan fingerprint density at radius 1 is 1.22 bits per heavy atom. The minimum absolute atomic E-state index is 0.719. The highest BCUT2D eigenvalue weighted by Crippen LogP contribution is 2.26. The van der Waals surface area contributed by atoms with Crippen LogP contribution in [0.25, 0.3) is 11.4 Å². The third-order valence-electron chi connectivity index (χ3n) is 3.35. The highest BCUT2D eigenvalue weighted by Gasteiger charge is 2.12. The first kappa shape index (κ1) is 16.5. The van der Waals surface area contributed by atoms with Crippen LogP contribution >= 0.6 is 34.7 Å². The molecule has 0 unspecified atom stereocenters. The van der Waals surface area contributed by atoms with Gasteiger partial charge in [0.15, 0.2) is 11.0 Å². The summed E-state index contributed by atoms with van der Waals surface area (Å²) in [7, 11) is 1.98. The van der Waals surface area contributed by atoms with Crippen LogP contribution in [0.15, 0.2) is 34.8 Å². The van der Waals surface area contributed by atoms with E-state index in [4.69, 9.17) is 11.6 Å². The Labute approximate surface area is 148 Å². The summed E-state index contributed by atoms with van der Waals surface area (Å²) in [6, 6.07) is 7.64. The van der Waals surface area contributed by atoms with Crippen molar-refractivity contribution in [2.24, 2.45) is 7.05 Å². The van der Waals surface area contributed by atoms with Crippen molar-refractivity contribution in [2.45, 2.75) is 30.7 Å². The molecule has 0 saturated heterocycles. The first-order valence-electron chi connectivity index (χ1n) is 7.38. The second-order valence-electron chi connectivity index (χ2n) is 5.14. The molecule has 7 heteroatoms. The average Bonchev–Trinajstić information content (AvgIpc) is 3.14. The summed E-state index contributed by atoms with van der Waals surface area (Å²) < 4.78 is 2.01. The number of nitrogens with zero attached hydrogens (tertiary/aromatic N) is 4. The molecule has 0 amide bonds. The van der Waals surface area contributed by atoms with Crippen LogP contribution in [0.1, 0.15) is 24.0 Å². The van der Waals surface area contributed by atoms with Crippen LogP contribution in [0.3, 0.4) is 0 Å². The van der Waals surface area contributed by atoms with E-state index in [1.54, 1.807) is 23.1 Å².